The van der Waals surface area contributed by atoms with Gasteiger partial charge in [-0.25, -0.2) is 13.1 Å². The van der Waals surface area contributed by atoms with Crippen molar-refractivity contribution in [1.82, 2.24) is 4.72 Å². The maximum atomic E-state index is 12.3. The molecule has 2 aromatic rings. The number of sulfonamides is 1. The molecule has 2 heterocycles. The molecule has 22 heavy (non-hydrogen) atoms. The first-order valence-electron chi connectivity index (χ1n) is 7.06. The summed E-state index contributed by atoms with van der Waals surface area (Å²) in [5, 5.41) is 1.76. The quantitative estimate of drug-likeness (QED) is 0.837. The van der Waals surface area contributed by atoms with Gasteiger partial charge in [-0.1, -0.05) is 18.2 Å². The molecule has 1 aromatic carbocycles. The Morgan fingerprint density at radius 3 is 2.86 bits per heavy atom. The zero-order valence-corrected chi connectivity index (χ0v) is 15.3. The van der Waals surface area contributed by atoms with Gasteiger partial charge in [-0.15, -0.1) is 11.3 Å². The van der Waals surface area contributed by atoms with Gasteiger partial charge < -0.3 is 4.90 Å². The predicted molar refractivity (Wildman–Crippen MR) is 94.2 cm³/mol. The highest BCUT2D eigenvalue weighted by Crippen LogP contribution is 2.30. The van der Waals surface area contributed by atoms with Gasteiger partial charge in [0, 0.05) is 29.3 Å². The number of nitrogens with zero attached hydrogens (tertiary/aromatic N) is 1. The third-order valence-corrected chi connectivity index (χ3v) is 7.95. The van der Waals surface area contributed by atoms with Crippen molar-refractivity contribution in [3.63, 3.8) is 0 Å². The standard InChI is InChI=1S/C15H17BrN2O2S2/c1-11(18-8-6-12-4-2-3-5-14(12)18)10-17-22(19,20)15-13(16)7-9-21-15/h2-5,7,9,11,17H,6,8,10H2,1H3. The largest absolute Gasteiger partial charge is 0.367 e. The number of fused-ring (bicyclic) bond motifs is 1. The van der Waals surface area contributed by atoms with E-state index < -0.39 is 10.0 Å². The lowest BCUT2D eigenvalue weighted by molar-refractivity contribution is 0.568. The summed E-state index contributed by atoms with van der Waals surface area (Å²) >= 11 is 4.50. The Bertz CT molecular complexity index is 773. The van der Waals surface area contributed by atoms with Crippen LogP contribution < -0.4 is 9.62 Å². The van der Waals surface area contributed by atoms with Crippen molar-refractivity contribution >= 4 is 43.0 Å². The second-order valence-corrected chi connectivity index (χ2v) is 9.06. The molecule has 1 N–H and O–H groups in total. The van der Waals surface area contributed by atoms with Crippen LogP contribution in [-0.4, -0.2) is 27.5 Å². The van der Waals surface area contributed by atoms with Gasteiger partial charge in [0.25, 0.3) is 10.0 Å². The molecule has 0 aliphatic carbocycles. The Morgan fingerprint density at radius 1 is 1.36 bits per heavy atom. The fourth-order valence-electron chi connectivity index (χ4n) is 2.70. The van der Waals surface area contributed by atoms with Crippen LogP contribution in [0.2, 0.25) is 0 Å². The molecule has 4 nitrogen and oxygen atoms in total. The number of nitrogens with one attached hydrogen (secondary N) is 1. The van der Waals surface area contributed by atoms with Crippen LogP contribution in [0.4, 0.5) is 5.69 Å². The number of anilines is 1. The minimum absolute atomic E-state index is 0.108. The molecule has 0 saturated heterocycles. The van der Waals surface area contributed by atoms with E-state index in [2.05, 4.69) is 37.7 Å². The summed E-state index contributed by atoms with van der Waals surface area (Å²) in [7, 11) is -3.45. The molecule has 0 amide bonds. The highest BCUT2D eigenvalue weighted by molar-refractivity contribution is 9.10. The Hall–Kier alpha value is -0.890. The van der Waals surface area contributed by atoms with Crippen molar-refractivity contribution in [2.24, 2.45) is 0 Å². The van der Waals surface area contributed by atoms with Gasteiger partial charge in [-0.3, -0.25) is 0 Å². The molecule has 0 spiro atoms. The number of hydrogen-bond donors (Lipinski definition) is 1. The van der Waals surface area contributed by atoms with Gasteiger partial charge in [-0.2, -0.15) is 0 Å². The summed E-state index contributed by atoms with van der Waals surface area (Å²) in [6, 6.07) is 10.2. The molecule has 0 fully saturated rings. The summed E-state index contributed by atoms with van der Waals surface area (Å²) in [6.45, 7) is 3.38. The molecule has 1 aliphatic heterocycles. The van der Waals surface area contributed by atoms with Crippen LogP contribution in [0.1, 0.15) is 12.5 Å². The SMILES string of the molecule is CC(CNS(=O)(=O)c1sccc1Br)N1CCc2ccccc21. The molecule has 0 bridgehead atoms. The average molecular weight is 401 g/mol. The van der Waals surface area contributed by atoms with E-state index in [1.165, 1.54) is 22.6 Å². The lowest BCUT2D eigenvalue weighted by Crippen LogP contribution is -2.41. The zero-order chi connectivity index (χ0) is 15.7. The number of thiophene rings is 1. The van der Waals surface area contributed by atoms with Crippen molar-refractivity contribution < 1.29 is 8.42 Å². The van der Waals surface area contributed by atoms with Crippen LogP contribution in [-0.2, 0) is 16.4 Å². The van der Waals surface area contributed by atoms with Crippen LogP contribution in [0.3, 0.4) is 0 Å². The van der Waals surface area contributed by atoms with E-state index in [-0.39, 0.29) is 6.04 Å². The van der Waals surface area contributed by atoms with Crippen molar-refractivity contribution in [3.8, 4) is 0 Å². The van der Waals surface area contributed by atoms with E-state index in [1.807, 2.05) is 19.1 Å². The van der Waals surface area contributed by atoms with Crippen LogP contribution in [0.25, 0.3) is 0 Å². The number of hydrogen-bond acceptors (Lipinski definition) is 4. The van der Waals surface area contributed by atoms with Crippen molar-refractivity contribution in [2.75, 3.05) is 18.0 Å². The van der Waals surface area contributed by atoms with Gasteiger partial charge in [0.15, 0.2) is 0 Å². The van der Waals surface area contributed by atoms with Crippen LogP contribution in [0.15, 0.2) is 44.4 Å². The summed E-state index contributed by atoms with van der Waals surface area (Å²) < 4.78 is 28.3. The first-order chi connectivity index (χ1) is 10.5. The number of rotatable bonds is 5. The summed E-state index contributed by atoms with van der Waals surface area (Å²) in [4.78, 5) is 2.27. The van der Waals surface area contributed by atoms with Gasteiger partial charge in [0.1, 0.15) is 4.21 Å². The van der Waals surface area contributed by atoms with Gasteiger partial charge >= 0.3 is 0 Å². The van der Waals surface area contributed by atoms with E-state index in [1.54, 1.807) is 11.4 Å². The van der Waals surface area contributed by atoms with E-state index in [4.69, 9.17) is 0 Å². The minimum atomic E-state index is -3.45. The molecule has 1 unspecified atom stereocenters. The third kappa shape index (κ3) is 3.08. The third-order valence-electron chi connectivity index (χ3n) is 3.85. The van der Waals surface area contributed by atoms with E-state index in [0.717, 1.165) is 13.0 Å². The summed E-state index contributed by atoms with van der Waals surface area (Å²) in [6.07, 6.45) is 1.02. The number of halogens is 1. The Labute approximate surface area is 143 Å². The van der Waals surface area contributed by atoms with Crippen molar-refractivity contribution in [1.29, 1.82) is 0 Å². The fourth-order valence-corrected chi connectivity index (χ4v) is 6.20. The molecule has 1 aliphatic rings. The van der Waals surface area contributed by atoms with Crippen LogP contribution >= 0.6 is 27.3 Å². The highest BCUT2D eigenvalue weighted by atomic mass is 79.9. The molecule has 1 atom stereocenters. The summed E-state index contributed by atoms with van der Waals surface area (Å²) in [5.41, 5.74) is 2.55. The average Bonchev–Trinajstić information content (AvgIpc) is 3.11. The predicted octanol–water partition coefficient (Wildman–Crippen LogP) is 3.24. The zero-order valence-electron chi connectivity index (χ0n) is 12.1. The Morgan fingerprint density at radius 2 is 2.14 bits per heavy atom. The Kier molecular flexibility index (Phi) is 4.59. The molecule has 0 saturated carbocycles. The van der Waals surface area contributed by atoms with E-state index in [0.29, 0.717) is 15.2 Å². The van der Waals surface area contributed by atoms with Crippen molar-refractivity contribution in [2.45, 2.75) is 23.6 Å². The van der Waals surface area contributed by atoms with Crippen LogP contribution in [0.5, 0.6) is 0 Å². The smallest absolute Gasteiger partial charge is 0.251 e. The number of para-hydroxylation sites is 1. The topological polar surface area (TPSA) is 49.4 Å². The van der Waals surface area contributed by atoms with E-state index >= 15 is 0 Å². The van der Waals surface area contributed by atoms with E-state index in [9.17, 15) is 8.42 Å². The maximum Gasteiger partial charge on any atom is 0.251 e. The first kappa shape index (κ1) is 16.0. The maximum absolute atomic E-state index is 12.3. The van der Waals surface area contributed by atoms with Crippen molar-refractivity contribution in [3.05, 3.63) is 45.7 Å². The Balaban J connectivity index is 1.69. The summed E-state index contributed by atoms with van der Waals surface area (Å²) in [5.74, 6) is 0. The number of benzene rings is 1. The van der Waals surface area contributed by atoms with Crippen LogP contribution in [0, 0.1) is 0 Å². The monoisotopic (exact) mass is 400 g/mol. The second kappa shape index (κ2) is 6.31. The van der Waals surface area contributed by atoms with Gasteiger partial charge in [0.2, 0.25) is 0 Å². The molecule has 3 rings (SSSR count). The lowest BCUT2D eigenvalue weighted by atomic mass is 10.2. The normalized spacial score (nSPS) is 15.8. The van der Waals surface area contributed by atoms with Gasteiger partial charge in [-0.05, 0) is 52.4 Å². The second-order valence-electron chi connectivity index (χ2n) is 5.33. The molecular formula is C15H17BrN2O2S2. The minimum Gasteiger partial charge on any atom is -0.367 e. The molecule has 7 heteroatoms. The highest BCUT2D eigenvalue weighted by Gasteiger charge is 2.25. The molecular weight excluding hydrogens is 384 g/mol. The van der Waals surface area contributed by atoms with Gasteiger partial charge in [0.05, 0.1) is 0 Å². The molecule has 118 valence electrons. The lowest BCUT2D eigenvalue weighted by Gasteiger charge is -2.27. The first-order valence-corrected chi connectivity index (χ1v) is 10.2. The fraction of sp³-hybridized carbons (Fsp3) is 0.333. The molecule has 1 aromatic heterocycles. The molecule has 0 radical (unpaired) electrons.